The smallest absolute Gasteiger partial charge is 0.152 e. The average Bonchev–Trinajstić information content (AvgIpc) is 3.02. The highest BCUT2D eigenvalue weighted by molar-refractivity contribution is 5.93. The zero-order valence-corrected chi connectivity index (χ0v) is 13.8. The number of H-pyrrole nitrogens is 1. The maximum absolute atomic E-state index is 13.1. The largest absolute Gasteiger partial charge is 0.338 e. The van der Waals surface area contributed by atoms with Crippen LogP contribution in [0.4, 0.5) is 15.9 Å². The van der Waals surface area contributed by atoms with Crippen molar-refractivity contribution in [1.29, 1.82) is 0 Å². The van der Waals surface area contributed by atoms with E-state index >= 15 is 0 Å². The summed E-state index contributed by atoms with van der Waals surface area (Å²) >= 11 is 0. The Morgan fingerprint density at radius 2 is 1.84 bits per heavy atom. The van der Waals surface area contributed by atoms with Crippen molar-refractivity contribution < 1.29 is 4.39 Å². The molecule has 0 unspecified atom stereocenters. The molecule has 124 valence electrons. The fourth-order valence-corrected chi connectivity index (χ4v) is 2.86. The summed E-state index contributed by atoms with van der Waals surface area (Å²) in [7, 11) is 0. The third-order valence-corrected chi connectivity index (χ3v) is 4.04. The molecule has 0 spiro atoms. The molecule has 2 heterocycles. The van der Waals surface area contributed by atoms with Gasteiger partial charge in [-0.15, -0.1) is 0 Å². The minimum absolute atomic E-state index is 0.230. The summed E-state index contributed by atoms with van der Waals surface area (Å²) in [6.45, 7) is 1.96. The van der Waals surface area contributed by atoms with Gasteiger partial charge in [-0.2, -0.15) is 5.10 Å². The summed E-state index contributed by atoms with van der Waals surface area (Å²) in [6.07, 6.45) is 0.638. The van der Waals surface area contributed by atoms with Gasteiger partial charge in [0.15, 0.2) is 5.82 Å². The zero-order chi connectivity index (χ0) is 17.2. The van der Waals surface area contributed by atoms with E-state index in [0.717, 1.165) is 39.4 Å². The number of benzene rings is 2. The van der Waals surface area contributed by atoms with Crippen LogP contribution in [0.2, 0.25) is 0 Å². The molecule has 0 radical (unpaired) electrons. The Morgan fingerprint density at radius 1 is 1.04 bits per heavy atom. The van der Waals surface area contributed by atoms with E-state index in [2.05, 4.69) is 15.5 Å². The van der Waals surface area contributed by atoms with Crippen LogP contribution < -0.4 is 5.32 Å². The van der Waals surface area contributed by atoms with E-state index in [0.29, 0.717) is 6.42 Å². The molecule has 0 bridgehead atoms. The predicted molar refractivity (Wildman–Crippen MR) is 97.6 cm³/mol. The number of aromatic nitrogens is 3. The molecule has 4 rings (SSSR count). The molecule has 0 atom stereocenters. The number of aryl methyl sites for hydroxylation is 1. The number of aromatic amines is 1. The van der Waals surface area contributed by atoms with Gasteiger partial charge in [0.1, 0.15) is 5.82 Å². The Bertz CT molecular complexity index is 1020. The fraction of sp³-hybridized carbons (Fsp3) is 0.100. The first-order chi connectivity index (χ1) is 12.2. The van der Waals surface area contributed by atoms with Crippen molar-refractivity contribution in [3.05, 3.63) is 83.4 Å². The summed E-state index contributed by atoms with van der Waals surface area (Å²) in [5.74, 6) is 0.535. The molecule has 2 N–H and O–H groups in total. The number of pyridine rings is 1. The molecular weight excluding hydrogens is 315 g/mol. The second-order valence-electron chi connectivity index (χ2n) is 6.04. The SMILES string of the molecule is Cc1cc(Nc2cc(Cc3ccc(F)cc3)nc3ccccc23)n[nH]1. The quantitative estimate of drug-likeness (QED) is 0.567. The molecule has 0 amide bonds. The maximum atomic E-state index is 13.1. The van der Waals surface area contributed by atoms with Gasteiger partial charge in [-0.3, -0.25) is 10.1 Å². The van der Waals surface area contributed by atoms with Crippen molar-refractivity contribution in [2.24, 2.45) is 0 Å². The molecule has 4 nitrogen and oxygen atoms in total. The van der Waals surface area contributed by atoms with Crippen LogP contribution in [0.5, 0.6) is 0 Å². The van der Waals surface area contributed by atoms with Gasteiger partial charge in [0.2, 0.25) is 0 Å². The lowest BCUT2D eigenvalue weighted by Crippen LogP contribution is -1.98. The third kappa shape index (κ3) is 3.35. The number of rotatable bonds is 4. The lowest BCUT2D eigenvalue weighted by Gasteiger charge is -2.10. The van der Waals surface area contributed by atoms with Crippen LogP contribution in [0.15, 0.2) is 60.7 Å². The van der Waals surface area contributed by atoms with Crippen LogP contribution in [0.25, 0.3) is 10.9 Å². The minimum Gasteiger partial charge on any atom is -0.338 e. The van der Waals surface area contributed by atoms with Gasteiger partial charge < -0.3 is 5.32 Å². The first-order valence-corrected chi connectivity index (χ1v) is 8.09. The van der Waals surface area contributed by atoms with Crippen molar-refractivity contribution in [1.82, 2.24) is 15.2 Å². The Balaban J connectivity index is 1.73. The van der Waals surface area contributed by atoms with Gasteiger partial charge in [0.25, 0.3) is 0 Å². The zero-order valence-electron chi connectivity index (χ0n) is 13.8. The van der Waals surface area contributed by atoms with Crippen LogP contribution in [-0.4, -0.2) is 15.2 Å². The second-order valence-corrected chi connectivity index (χ2v) is 6.04. The monoisotopic (exact) mass is 332 g/mol. The molecule has 0 aliphatic rings. The summed E-state index contributed by atoms with van der Waals surface area (Å²) < 4.78 is 13.1. The number of hydrogen-bond donors (Lipinski definition) is 2. The van der Waals surface area contributed by atoms with E-state index in [-0.39, 0.29) is 5.82 Å². The van der Waals surface area contributed by atoms with Crippen LogP contribution in [-0.2, 0) is 6.42 Å². The number of halogens is 1. The number of anilines is 2. The van der Waals surface area contributed by atoms with Gasteiger partial charge in [0, 0.05) is 29.3 Å². The predicted octanol–water partition coefficient (Wildman–Crippen LogP) is 4.74. The number of para-hydroxylation sites is 1. The lowest BCUT2D eigenvalue weighted by molar-refractivity contribution is 0.627. The summed E-state index contributed by atoms with van der Waals surface area (Å²) in [5, 5.41) is 11.6. The normalized spacial score (nSPS) is 11.0. The Morgan fingerprint density at radius 3 is 2.60 bits per heavy atom. The van der Waals surface area contributed by atoms with Crippen molar-refractivity contribution in [3.63, 3.8) is 0 Å². The van der Waals surface area contributed by atoms with E-state index in [1.54, 1.807) is 12.1 Å². The van der Waals surface area contributed by atoms with E-state index in [1.165, 1.54) is 12.1 Å². The van der Waals surface area contributed by atoms with Gasteiger partial charge in [-0.1, -0.05) is 30.3 Å². The molecule has 0 saturated heterocycles. The van der Waals surface area contributed by atoms with Crippen molar-refractivity contribution in [2.45, 2.75) is 13.3 Å². The van der Waals surface area contributed by atoms with Gasteiger partial charge in [-0.25, -0.2) is 4.39 Å². The Kier molecular flexibility index (Phi) is 3.90. The summed E-state index contributed by atoms with van der Waals surface area (Å²) in [6, 6.07) is 18.5. The van der Waals surface area contributed by atoms with Crippen LogP contribution in [0.1, 0.15) is 17.0 Å². The molecule has 2 aromatic heterocycles. The minimum atomic E-state index is -0.230. The molecule has 0 aliphatic carbocycles. The van der Waals surface area contributed by atoms with Crippen LogP contribution in [0, 0.1) is 12.7 Å². The van der Waals surface area contributed by atoms with E-state index < -0.39 is 0 Å². The van der Waals surface area contributed by atoms with E-state index in [4.69, 9.17) is 4.98 Å². The molecule has 2 aromatic carbocycles. The summed E-state index contributed by atoms with van der Waals surface area (Å²) in [5.41, 5.74) is 4.80. The highest BCUT2D eigenvalue weighted by Gasteiger charge is 2.08. The van der Waals surface area contributed by atoms with E-state index in [9.17, 15) is 4.39 Å². The number of fused-ring (bicyclic) bond motifs is 1. The van der Waals surface area contributed by atoms with Gasteiger partial charge >= 0.3 is 0 Å². The Labute approximate surface area is 144 Å². The van der Waals surface area contributed by atoms with Gasteiger partial charge in [-0.05, 0) is 36.8 Å². The van der Waals surface area contributed by atoms with Crippen LogP contribution in [0.3, 0.4) is 0 Å². The highest BCUT2D eigenvalue weighted by Crippen LogP contribution is 2.27. The number of hydrogen-bond acceptors (Lipinski definition) is 3. The number of nitrogens with one attached hydrogen (secondary N) is 2. The first-order valence-electron chi connectivity index (χ1n) is 8.09. The molecule has 0 fully saturated rings. The van der Waals surface area contributed by atoms with Crippen molar-refractivity contribution in [2.75, 3.05) is 5.32 Å². The lowest BCUT2D eigenvalue weighted by atomic mass is 10.1. The molecule has 0 aliphatic heterocycles. The van der Waals surface area contributed by atoms with Crippen molar-refractivity contribution in [3.8, 4) is 0 Å². The average molecular weight is 332 g/mol. The molecular formula is C20H17FN4. The molecule has 5 heteroatoms. The topological polar surface area (TPSA) is 53.6 Å². The number of nitrogens with zero attached hydrogens (tertiary/aromatic N) is 2. The fourth-order valence-electron chi connectivity index (χ4n) is 2.86. The van der Waals surface area contributed by atoms with E-state index in [1.807, 2.05) is 43.3 Å². The van der Waals surface area contributed by atoms with Crippen LogP contribution >= 0.6 is 0 Å². The Hall–Kier alpha value is -3.21. The molecule has 25 heavy (non-hydrogen) atoms. The summed E-state index contributed by atoms with van der Waals surface area (Å²) in [4.78, 5) is 4.74. The second kappa shape index (κ2) is 6.36. The van der Waals surface area contributed by atoms with Crippen molar-refractivity contribution >= 4 is 22.4 Å². The molecule has 4 aromatic rings. The standard InChI is InChI=1S/C20H17FN4/c1-13-10-20(25-24-13)23-19-12-16(11-14-6-8-15(21)9-7-14)22-18-5-3-2-4-17(18)19/h2-10,12H,11H2,1H3,(H2,22,23,24,25). The molecule has 0 saturated carbocycles. The maximum Gasteiger partial charge on any atom is 0.152 e. The first kappa shape index (κ1) is 15.3. The third-order valence-electron chi connectivity index (χ3n) is 4.04. The van der Waals surface area contributed by atoms with Gasteiger partial charge in [0.05, 0.1) is 11.2 Å². The highest BCUT2D eigenvalue weighted by atomic mass is 19.1.